The molecular weight excluding hydrogens is 825 g/mol. The largest absolute Gasteiger partial charge is 0.514 e. The second-order valence-corrected chi connectivity index (χ2v) is 15.7. The minimum Gasteiger partial charge on any atom is -0.449 e. The van der Waals surface area contributed by atoms with Crippen LogP contribution >= 0.6 is 0 Å². The summed E-state index contributed by atoms with van der Waals surface area (Å²) >= 11 is 0. The molecule has 1 aliphatic rings. The van der Waals surface area contributed by atoms with Gasteiger partial charge in [0.25, 0.3) is 5.69 Å². The second-order valence-electron chi connectivity index (χ2n) is 15.7. The van der Waals surface area contributed by atoms with Crippen LogP contribution in [0.3, 0.4) is 0 Å². The van der Waals surface area contributed by atoms with E-state index in [0.717, 1.165) is 22.3 Å². The van der Waals surface area contributed by atoms with Crippen molar-refractivity contribution in [2.75, 3.05) is 25.0 Å². The Morgan fingerprint density at radius 2 is 1.41 bits per heavy atom. The molecule has 0 saturated heterocycles. The highest BCUT2D eigenvalue weighted by atomic mass is 16.7. The third-order valence-corrected chi connectivity index (χ3v) is 10.7. The van der Waals surface area contributed by atoms with Gasteiger partial charge in [-0.3, -0.25) is 24.5 Å². The van der Waals surface area contributed by atoms with E-state index in [-0.39, 0.29) is 74.0 Å². The molecule has 0 aromatic heterocycles. The Hall–Kier alpha value is -7.30. The fourth-order valence-corrected chi connectivity index (χ4v) is 7.38. The quantitative estimate of drug-likeness (QED) is 0.0160. The number of ketones is 1. The van der Waals surface area contributed by atoms with Crippen LogP contribution < -0.4 is 31.7 Å². The lowest BCUT2D eigenvalue weighted by atomic mass is 9.89. The molecule has 2 atom stereocenters. The number of non-ortho nitro benzene ring substituents is 1. The summed E-state index contributed by atoms with van der Waals surface area (Å²) in [6.45, 7) is 4.26. The summed E-state index contributed by atoms with van der Waals surface area (Å²) in [5, 5.41) is 21.8. The SMILES string of the molecule is CC(C)[C@H](NC(=O)CCCCCNC(=O)OCC1c2ccccc2-c2ccccc21)C(=O)C[C@@H](CCCNC(N)=O)C(=O)Nc1ccc(COC(=O)Oc2ccc([N+](=O)[O-])cc2)cc1. The van der Waals surface area contributed by atoms with Gasteiger partial charge in [0.05, 0.1) is 11.0 Å². The number of nitro benzene ring substituents is 1. The van der Waals surface area contributed by atoms with E-state index in [2.05, 4.69) is 45.5 Å². The minimum atomic E-state index is -1.02. The summed E-state index contributed by atoms with van der Waals surface area (Å²) in [7, 11) is 0. The molecule has 4 aromatic carbocycles. The highest BCUT2D eigenvalue weighted by Gasteiger charge is 2.31. The average molecular weight is 879 g/mol. The molecule has 17 nitrogen and oxygen atoms in total. The van der Waals surface area contributed by atoms with Crippen molar-refractivity contribution in [2.24, 2.45) is 17.6 Å². The molecule has 5 amide bonds. The van der Waals surface area contributed by atoms with Gasteiger partial charge < -0.3 is 41.2 Å². The molecule has 338 valence electrons. The van der Waals surface area contributed by atoms with Gasteiger partial charge in [0.15, 0.2) is 5.78 Å². The van der Waals surface area contributed by atoms with Gasteiger partial charge in [-0.15, -0.1) is 0 Å². The molecular formula is C47H54N6O11. The van der Waals surface area contributed by atoms with Crippen molar-refractivity contribution < 1.29 is 47.9 Å². The molecule has 6 N–H and O–H groups in total. The number of fused-ring (bicyclic) bond motifs is 3. The van der Waals surface area contributed by atoms with Crippen LogP contribution in [0, 0.1) is 22.0 Å². The normalized spacial score (nSPS) is 12.5. The number of nitro groups is 1. The molecule has 0 heterocycles. The van der Waals surface area contributed by atoms with Crippen molar-refractivity contribution in [2.45, 2.75) is 77.4 Å². The molecule has 0 bridgehead atoms. The first-order chi connectivity index (χ1) is 30.8. The first-order valence-corrected chi connectivity index (χ1v) is 21.2. The van der Waals surface area contributed by atoms with Crippen LogP contribution in [0.4, 0.5) is 25.8 Å². The molecule has 0 radical (unpaired) electrons. The maximum absolute atomic E-state index is 13.7. The Morgan fingerprint density at radius 3 is 2.03 bits per heavy atom. The summed E-state index contributed by atoms with van der Waals surface area (Å²) in [6.07, 6.45) is 0.900. The van der Waals surface area contributed by atoms with Crippen molar-refractivity contribution in [3.05, 3.63) is 124 Å². The van der Waals surface area contributed by atoms with Gasteiger partial charge in [-0.1, -0.05) is 80.9 Å². The summed E-state index contributed by atoms with van der Waals surface area (Å²) in [4.78, 5) is 86.4. The van der Waals surface area contributed by atoms with Gasteiger partial charge in [0.2, 0.25) is 11.8 Å². The number of anilines is 1. The molecule has 64 heavy (non-hydrogen) atoms. The topological polar surface area (TPSA) is 247 Å². The summed E-state index contributed by atoms with van der Waals surface area (Å²) in [6, 6.07) is 26.1. The number of nitrogens with zero attached hydrogens (tertiary/aromatic N) is 1. The maximum Gasteiger partial charge on any atom is 0.514 e. The van der Waals surface area contributed by atoms with Gasteiger partial charge in [-0.05, 0) is 83.7 Å². The Labute approximate surface area is 370 Å². The van der Waals surface area contributed by atoms with Crippen molar-refractivity contribution in [3.8, 4) is 16.9 Å². The van der Waals surface area contributed by atoms with E-state index in [9.17, 15) is 38.9 Å². The standard InChI is InChI=1S/C47H54N6O11/c1-30(2)43(52-42(55)16-4-3-9-25-50-46(58)62-29-40-38-14-7-5-12-36(38)37-13-6-8-15-39(37)40)41(54)27-32(11-10-26-49-45(48)57)44(56)51-33-19-17-31(18-20-33)28-63-47(59)64-35-23-21-34(22-24-35)53(60)61/h5-8,12-15,17-24,30,32,40,43H,3-4,9-11,16,25-29H2,1-2H3,(H,50,58)(H,51,56)(H,52,55)(H3,48,49,57)/t32-,43+/m1/s1. The number of benzene rings is 4. The number of primary amides is 1. The molecule has 4 aromatic rings. The molecule has 1 aliphatic carbocycles. The predicted molar refractivity (Wildman–Crippen MR) is 237 cm³/mol. The van der Waals surface area contributed by atoms with Crippen LogP contribution in [-0.4, -0.2) is 66.5 Å². The highest BCUT2D eigenvalue weighted by molar-refractivity contribution is 5.97. The molecule has 0 saturated carbocycles. The molecule has 0 spiro atoms. The number of amides is 5. The van der Waals surface area contributed by atoms with Crippen LogP contribution in [0.1, 0.15) is 81.4 Å². The van der Waals surface area contributed by atoms with Gasteiger partial charge in [-0.25, -0.2) is 14.4 Å². The zero-order valence-corrected chi connectivity index (χ0v) is 35.8. The van der Waals surface area contributed by atoms with Crippen molar-refractivity contribution in [1.29, 1.82) is 0 Å². The lowest BCUT2D eigenvalue weighted by Gasteiger charge is -2.24. The number of urea groups is 1. The first kappa shape index (κ1) is 47.7. The lowest BCUT2D eigenvalue weighted by molar-refractivity contribution is -0.384. The number of nitrogens with one attached hydrogen (secondary N) is 4. The predicted octanol–water partition coefficient (Wildman–Crippen LogP) is 7.51. The highest BCUT2D eigenvalue weighted by Crippen LogP contribution is 2.44. The van der Waals surface area contributed by atoms with Gasteiger partial charge in [-0.2, -0.15) is 0 Å². The second kappa shape index (κ2) is 23.8. The van der Waals surface area contributed by atoms with Crippen LogP contribution in [0.5, 0.6) is 5.75 Å². The lowest BCUT2D eigenvalue weighted by Crippen LogP contribution is -2.45. The van der Waals surface area contributed by atoms with E-state index in [1.165, 1.54) is 24.3 Å². The Balaban J connectivity index is 1.03. The van der Waals surface area contributed by atoms with Crippen LogP contribution in [0.25, 0.3) is 11.1 Å². The van der Waals surface area contributed by atoms with Crippen molar-refractivity contribution in [3.63, 3.8) is 0 Å². The number of carbonyl (C=O) groups excluding carboxylic acids is 6. The summed E-state index contributed by atoms with van der Waals surface area (Å²) in [5.74, 6) is -2.09. The Morgan fingerprint density at radius 1 is 0.766 bits per heavy atom. The number of alkyl carbamates (subject to hydrolysis) is 1. The van der Waals surface area contributed by atoms with Crippen molar-refractivity contribution >= 4 is 47.3 Å². The number of Topliss-reactive ketones (excluding diaryl/α,β-unsaturated/α-hetero) is 1. The van der Waals surface area contributed by atoms with E-state index >= 15 is 0 Å². The molecule has 0 fully saturated rings. The molecule has 0 unspecified atom stereocenters. The Bertz CT molecular complexity index is 2220. The third-order valence-electron chi connectivity index (χ3n) is 10.7. The van der Waals surface area contributed by atoms with Crippen LogP contribution in [0.2, 0.25) is 0 Å². The number of hydrogen-bond donors (Lipinski definition) is 5. The maximum atomic E-state index is 13.7. The van der Waals surface area contributed by atoms with Gasteiger partial charge in [0, 0.05) is 55.6 Å². The monoisotopic (exact) mass is 878 g/mol. The fourth-order valence-electron chi connectivity index (χ4n) is 7.38. The fraction of sp³-hybridized carbons (Fsp3) is 0.362. The van der Waals surface area contributed by atoms with Gasteiger partial charge in [0.1, 0.15) is 19.0 Å². The number of carbonyl (C=O) groups is 6. The number of nitrogens with two attached hydrogens (primary N) is 1. The number of ether oxygens (including phenoxy) is 3. The average Bonchev–Trinajstić information content (AvgIpc) is 3.60. The smallest absolute Gasteiger partial charge is 0.449 e. The Kier molecular flexibility index (Phi) is 17.7. The van der Waals surface area contributed by atoms with Crippen LogP contribution in [-0.2, 0) is 30.5 Å². The zero-order chi connectivity index (χ0) is 46.0. The number of rotatable bonds is 23. The minimum absolute atomic E-state index is 0.0350. The van der Waals surface area contributed by atoms with Gasteiger partial charge >= 0.3 is 18.3 Å². The van der Waals surface area contributed by atoms with E-state index in [0.29, 0.717) is 43.5 Å². The number of hydrogen-bond acceptors (Lipinski definition) is 11. The molecule has 17 heteroatoms. The zero-order valence-electron chi connectivity index (χ0n) is 35.8. The number of unbranched alkanes of at least 4 members (excludes halogenated alkanes) is 2. The first-order valence-electron chi connectivity index (χ1n) is 21.2. The molecule has 5 rings (SSSR count). The van der Waals surface area contributed by atoms with Crippen LogP contribution in [0.15, 0.2) is 97.1 Å². The summed E-state index contributed by atoms with van der Waals surface area (Å²) < 4.78 is 15.8. The van der Waals surface area contributed by atoms with Crippen molar-refractivity contribution in [1.82, 2.24) is 16.0 Å². The third kappa shape index (κ3) is 14.4. The van der Waals surface area contributed by atoms with E-state index < -0.39 is 41.1 Å². The van der Waals surface area contributed by atoms with E-state index in [1.54, 1.807) is 24.3 Å². The van der Waals surface area contributed by atoms with E-state index in [1.807, 2.05) is 38.1 Å². The molecule has 0 aliphatic heterocycles. The summed E-state index contributed by atoms with van der Waals surface area (Å²) in [5.41, 5.74) is 10.6. The van der Waals surface area contributed by atoms with E-state index in [4.69, 9.17) is 19.9 Å².